The van der Waals surface area contributed by atoms with Gasteiger partial charge in [-0.15, -0.1) is 0 Å². The van der Waals surface area contributed by atoms with Crippen LogP contribution in [0.3, 0.4) is 0 Å². The van der Waals surface area contributed by atoms with Gasteiger partial charge in [0.25, 0.3) is 0 Å². The number of rotatable bonds is 3. The first-order chi connectivity index (χ1) is 8.56. The molecule has 1 unspecified atom stereocenters. The molecule has 2 nitrogen and oxygen atoms in total. The Bertz CT molecular complexity index is 405. The molecule has 1 saturated carbocycles. The molecule has 2 N–H and O–H groups in total. The van der Waals surface area contributed by atoms with Gasteiger partial charge >= 0.3 is 0 Å². The van der Waals surface area contributed by atoms with Crippen LogP contribution < -0.4 is 5.32 Å². The molecular formula is C14H19BrClNO. The lowest BCUT2D eigenvalue weighted by Gasteiger charge is -2.29. The zero-order valence-electron chi connectivity index (χ0n) is 10.5. The van der Waals surface area contributed by atoms with E-state index in [0.29, 0.717) is 6.04 Å². The van der Waals surface area contributed by atoms with Crippen molar-refractivity contribution in [1.82, 2.24) is 5.32 Å². The lowest BCUT2D eigenvalue weighted by atomic mass is 9.92. The number of hydrogen-bond acceptors (Lipinski definition) is 2. The third kappa shape index (κ3) is 3.70. The predicted molar refractivity (Wildman–Crippen MR) is 79.0 cm³/mol. The van der Waals surface area contributed by atoms with Crippen LogP contribution in [0.2, 0.25) is 5.02 Å². The largest absolute Gasteiger partial charge is 0.393 e. The number of halogens is 2. The highest BCUT2D eigenvalue weighted by molar-refractivity contribution is 9.10. The molecule has 1 aliphatic carbocycles. The minimum Gasteiger partial charge on any atom is -0.393 e. The van der Waals surface area contributed by atoms with Gasteiger partial charge in [-0.1, -0.05) is 33.6 Å². The van der Waals surface area contributed by atoms with Crippen molar-refractivity contribution in [1.29, 1.82) is 0 Å². The lowest BCUT2D eigenvalue weighted by molar-refractivity contribution is 0.114. The Kier molecular flexibility index (Phi) is 5.07. The molecule has 0 radical (unpaired) electrons. The van der Waals surface area contributed by atoms with E-state index in [1.165, 1.54) is 0 Å². The second-order valence-corrected chi connectivity index (χ2v) is 6.38. The summed E-state index contributed by atoms with van der Waals surface area (Å²) >= 11 is 9.67. The molecule has 1 fully saturated rings. The molecule has 100 valence electrons. The molecule has 0 amide bonds. The summed E-state index contributed by atoms with van der Waals surface area (Å²) in [5.41, 5.74) is 1.13. The first-order valence-electron chi connectivity index (χ1n) is 6.45. The Morgan fingerprint density at radius 1 is 1.33 bits per heavy atom. The second kappa shape index (κ2) is 6.38. The molecule has 1 aromatic carbocycles. The number of aliphatic hydroxyl groups excluding tert-OH is 1. The van der Waals surface area contributed by atoms with Crippen molar-refractivity contribution < 1.29 is 5.11 Å². The van der Waals surface area contributed by atoms with Gasteiger partial charge < -0.3 is 10.4 Å². The molecule has 1 aliphatic rings. The fraction of sp³-hybridized carbons (Fsp3) is 0.571. The first-order valence-corrected chi connectivity index (χ1v) is 7.62. The van der Waals surface area contributed by atoms with E-state index in [1.54, 1.807) is 0 Å². The molecule has 18 heavy (non-hydrogen) atoms. The highest BCUT2D eigenvalue weighted by atomic mass is 79.9. The number of benzene rings is 1. The van der Waals surface area contributed by atoms with Gasteiger partial charge in [-0.3, -0.25) is 0 Å². The minimum absolute atomic E-state index is 0.102. The number of aliphatic hydroxyl groups is 1. The summed E-state index contributed by atoms with van der Waals surface area (Å²) in [6.45, 7) is 2.14. The van der Waals surface area contributed by atoms with E-state index in [1.807, 2.05) is 12.1 Å². The van der Waals surface area contributed by atoms with Gasteiger partial charge in [0, 0.05) is 21.6 Å². The van der Waals surface area contributed by atoms with Gasteiger partial charge in [0.1, 0.15) is 0 Å². The second-order valence-electron chi connectivity index (χ2n) is 5.06. The third-order valence-electron chi connectivity index (χ3n) is 3.61. The van der Waals surface area contributed by atoms with Gasteiger partial charge in [0.15, 0.2) is 0 Å². The Morgan fingerprint density at radius 3 is 2.61 bits per heavy atom. The highest BCUT2D eigenvalue weighted by Crippen LogP contribution is 2.28. The fourth-order valence-corrected chi connectivity index (χ4v) is 3.38. The SMILES string of the molecule is CC(NC1CCC(O)CC1)c1ccc(Br)cc1Cl. The molecule has 0 aromatic heterocycles. The van der Waals surface area contributed by atoms with E-state index in [0.717, 1.165) is 40.7 Å². The van der Waals surface area contributed by atoms with Crippen molar-refractivity contribution in [3.8, 4) is 0 Å². The van der Waals surface area contributed by atoms with Crippen molar-refractivity contribution in [2.75, 3.05) is 0 Å². The zero-order chi connectivity index (χ0) is 13.1. The molecule has 0 saturated heterocycles. The maximum Gasteiger partial charge on any atom is 0.0541 e. The minimum atomic E-state index is -0.102. The molecular weight excluding hydrogens is 314 g/mol. The van der Waals surface area contributed by atoms with Crippen LogP contribution in [0.15, 0.2) is 22.7 Å². The average Bonchev–Trinajstić information content (AvgIpc) is 2.32. The van der Waals surface area contributed by atoms with Gasteiger partial charge in [-0.05, 0) is 50.3 Å². The van der Waals surface area contributed by atoms with Gasteiger partial charge in [-0.2, -0.15) is 0 Å². The van der Waals surface area contributed by atoms with Crippen LogP contribution in [0.5, 0.6) is 0 Å². The van der Waals surface area contributed by atoms with Crippen LogP contribution in [0.25, 0.3) is 0 Å². The van der Waals surface area contributed by atoms with Gasteiger partial charge in [-0.25, -0.2) is 0 Å². The summed E-state index contributed by atoms with van der Waals surface area (Å²) in [4.78, 5) is 0. The monoisotopic (exact) mass is 331 g/mol. The highest BCUT2D eigenvalue weighted by Gasteiger charge is 2.21. The van der Waals surface area contributed by atoms with Crippen LogP contribution in [0.4, 0.5) is 0 Å². The molecule has 1 aromatic rings. The molecule has 0 spiro atoms. The summed E-state index contributed by atoms with van der Waals surface area (Å²) in [5, 5.41) is 13.9. The van der Waals surface area contributed by atoms with Crippen molar-refractivity contribution in [2.45, 2.75) is 50.8 Å². The summed E-state index contributed by atoms with van der Waals surface area (Å²) in [6.07, 6.45) is 3.78. The lowest BCUT2D eigenvalue weighted by Crippen LogP contribution is -2.36. The smallest absolute Gasteiger partial charge is 0.0541 e. The van der Waals surface area contributed by atoms with Crippen LogP contribution in [0.1, 0.15) is 44.2 Å². The molecule has 0 heterocycles. The van der Waals surface area contributed by atoms with Crippen LogP contribution in [-0.2, 0) is 0 Å². The van der Waals surface area contributed by atoms with Crippen molar-refractivity contribution in [3.63, 3.8) is 0 Å². The standard InChI is InChI=1S/C14H19BrClNO/c1-9(13-7-2-10(15)8-14(13)16)17-11-3-5-12(18)6-4-11/h2,7-9,11-12,17-18H,3-6H2,1H3. The fourth-order valence-electron chi connectivity index (χ4n) is 2.54. The van der Waals surface area contributed by atoms with Crippen LogP contribution in [-0.4, -0.2) is 17.3 Å². The predicted octanol–water partition coefficient (Wildman–Crippen LogP) is 4.06. The number of nitrogens with one attached hydrogen (secondary N) is 1. The summed E-state index contributed by atoms with van der Waals surface area (Å²) < 4.78 is 1.00. The summed E-state index contributed by atoms with van der Waals surface area (Å²) in [5.74, 6) is 0. The maximum absolute atomic E-state index is 9.50. The zero-order valence-corrected chi connectivity index (χ0v) is 12.8. The normalized spacial score (nSPS) is 26.0. The molecule has 2 rings (SSSR count). The molecule has 4 heteroatoms. The Hall–Kier alpha value is -0.0900. The molecule has 0 aliphatic heterocycles. The van der Waals surface area contributed by atoms with Crippen LogP contribution >= 0.6 is 27.5 Å². The van der Waals surface area contributed by atoms with E-state index in [4.69, 9.17) is 11.6 Å². The van der Waals surface area contributed by atoms with Crippen molar-refractivity contribution in [2.24, 2.45) is 0 Å². The Balaban J connectivity index is 1.97. The average molecular weight is 333 g/mol. The molecule has 1 atom stereocenters. The van der Waals surface area contributed by atoms with Crippen molar-refractivity contribution >= 4 is 27.5 Å². The van der Waals surface area contributed by atoms with Crippen molar-refractivity contribution in [3.05, 3.63) is 33.3 Å². The Labute approximate surface area is 122 Å². The maximum atomic E-state index is 9.50. The number of hydrogen-bond donors (Lipinski definition) is 2. The van der Waals surface area contributed by atoms with E-state index in [-0.39, 0.29) is 12.1 Å². The topological polar surface area (TPSA) is 32.3 Å². The Morgan fingerprint density at radius 2 is 2.00 bits per heavy atom. The first kappa shape index (κ1) is 14.3. The van der Waals surface area contributed by atoms with Crippen LogP contribution in [0, 0.1) is 0 Å². The van der Waals surface area contributed by atoms with E-state index >= 15 is 0 Å². The summed E-state index contributed by atoms with van der Waals surface area (Å²) in [7, 11) is 0. The van der Waals surface area contributed by atoms with E-state index < -0.39 is 0 Å². The summed E-state index contributed by atoms with van der Waals surface area (Å²) in [6, 6.07) is 6.74. The molecule has 0 bridgehead atoms. The van der Waals surface area contributed by atoms with Gasteiger partial charge in [0.2, 0.25) is 0 Å². The van der Waals surface area contributed by atoms with E-state index in [9.17, 15) is 5.11 Å². The van der Waals surface area contributed by atoms with Gasteiger partial charge in [0.05, 0.1) is 6.10 Å². The van der Waals surface area contributed by atoms with E-state index in [2.05, 4.69) is 34.2 Å². The third-order valence-corrected chi connectivity index (χ3v) is 4.43. The quantitative estimate of drug-likeness (QED) is 0.875.